The van der Waals surface area contributed by atoms with Gasteiger partial charge in [-0.25, -0.2) is 9.59 Å². The summed E-state index contributed by atoms with van der Waals surface area (Å²) < 4.78 is 0. The summed E-state index contributed by atoms with van der Waals surface area (Å²) in [6, 6.07) is 22.1. The van der Waals surface area contributed by atoms with Gasteiger partial charge >= 0.3 is 11.9 Å². The van der Waals surface area contributed by atoms with Crippen LogP contribution >= 0.6 is 0 Å². The zero-order valence-corrected chi connectivity index (χ0v) is 19.7. The third-order valence-corrected chi connectivity index (χ3v) is 5.63. The number of rotatable bonds is 12. The molecule has 0 spiro atoms. The number of amides is 2. The van der Waals surface area contributed by atoms with Crippen molar-refractivity contribution in [3.8, 4) is 0 Å². The zero-order valence-electron chi connectivity index (χ0n) is 19.7. The van der Waals surface area contributed by atoms with Crippen molar-refractivity contribution in [1.82, 2.24) is 10.2 Å². The van der Waals surface area contributed by atoms with Crippen molar-refractivity contribution in [1.29, 1.82) is 0 Å². The minimum absolute atomic E-state index is 0.133. The average molecular weight is 489 g/mol. The first kappa shape index (κ1) is 26.2. The average Bonchev–Trinajstić information content (AvgIpc) is 2.88. The summed E-state index contributed by atoms with van der Waals surface area (Å²) >= 11 is 0. The molecule has 2 amide bonds. The van der Waals surface area contributed by atoms with E-state index in [0.29, 0.717) is 13.0 Å². The Kier molecular flexibility index (Phi) is 9.33. The number of benzene rings is 3. The first-order chi connectivity index (χ1) is 17.3. The molecule has 3 aromatic carbocycles. The molecule has 3 N–H and O–H groups in total. The van der Waals surface area contributed by atoms with Gasteiger partial charge < -0.3 is 20.4 Å². The number of aromatic carboxylic acids is 2. The minimum atomic E-state index is -1.03. The molecule has 8 heteroatoms. The van der Waals surface area contributed by atoms with E-state index in [1.807, 2.05) is 30.3 Å². The molecule has 3 aromatic rings. The van der Waals surface area contributed by atoms with Crippen LogP contribution in [0.3, 0.4) is 0 Å². The predicted molar refractivity (Wildman–Crippen MR) is 133 cm³/mol. The van der Waals surface area contributed by atoms with Crippen molar-refractivity contribution in [2.24, 2.45) is 0 Å². The molecule has 0 atom stereocenters. The van der Waals surface area contributed by atoms with Crippen LogP contribution in [0, 0.1) is 0 Å². The second-order valence-electron chi connectivity index (χ2n) is 8.37. The van der Waals surface area contributed by atoms with Crippen molar-refractivity contribution in [2.45, 2.75) is 38.9 Å². The smallest absolute Gasteiger partial charge is 0.335 e. The molecule has 3 rings (SSSR count). The molecule has 0 radical (unpaired) electrons. The van der Waals surface area contributed by atoms with Crippen LogP contribution < -0.4 is 5.32 Å². The van der Waals surface area contributed by atoms with Crippen LogP contribution in [-0.2, 0) is 29.2 Å². The highest BCUT2D eigenvalue weighted by Gasteiger charge is 2.16. The lowest BCUT2D eigenvalue weighted by Crippen LogP contribution is -2.30. The molecule has 8 nitrogen and oxygen atoms in total. The molecule has 0 aromatic heterocycles. The van der Waals surface area contributed by atoms with Gasteiger partial charge in [0.15, 0.2) is 0 Å². The molecule has 0 saturated heterocycles. The molecule has 0 aliphatic rings. The fraction of sp³-hybridized carbons (Fsp3) is 0.214. The second-order valence-corrected chi connectivity index (χ2v) is 8.37. The van der Waals surface area contributed by atoms with Gasteiger partial charge in [0.05, 0.1) is 11.1 Å². The van der Waals surface area contributed by atoms with E-state index in [9.17, 15) is 19.2 Å². The molecule has 0 saturated carbocycles. The Morgan fingerprint density at radius 2 is 1.14 bits per heavy atom. The maximum absolute atomic E-state index is 13.1. The van der Waals surface area contributed by atoms with E-state index in [1.165, 1.54) is 24.3 Å². The number of carboxylic acids is 2. The van der Waals surface area contributed by atoms with Crippen molar-refractivity contribution in [3.63, 3.8) is 0 Å². The molecule has 0 aliphatic heterocycles. The summed E-state index contributed by atoms with van der Waals surface area (Å²) in [5.74, 6) is -2.35. The van der Waals surface area contributed by atoms with Gasteiger partial charge in [-0.15, -0.1) is 0 Å². The quantitative estimate of drug-likeness (QED) is 0.353. The van der Waals surface area contributed by atoms with Gasteiger partial charge in [-0.2, -0.15) is 0 Å². The number of carbonyl (C=O) groups is 4. The third kappa shape index (κ3) is 8.09. The summed E-state index contributed by atoms with van der Waals surface area (Å²) in [6.45, 7) is 0.928. The summed E-state index contributed by atoms with van der Waals surface area (Å²) in [5.41, 5.74) is 2.83. The fourth-order valence-electron chi connectivity index (χ4n) is 3.62. The van der Waals surface area contributed by atoms with E-state index in [1.54, 1.807) is 29.2 Å². The molecular weight excluding hydrogens is 460 g/mol. The van der Waals surface area contributed by atoms with E-state index in [4.69, 9.17) is 10.2 Å². The summed E-state index contributed by atoms with van der Waals surface area (Å²) in [5, 5.41) is 21.1. The Morgan fingerprint density at radius 1 is 0.639 bits per heavy atom. The molecule has 0 fully saturated rings. The van der Waals surface area contributed by atoms with Gasteiger partial charge in [0.25, 0.3) is 0 Å². The Balaban J connectivity index is 1.60. The summed E-state index contributed by atoms with van der Waals surface area (Å²) in [7, 11) is 0. The van der Waals surface area contributed by atoms with E-state index < -0.39 is 11.9 Å². The van der Waals surface area contributed by atoms with Crippen molar-refractivity contribution < 1.29 is 29.4 Å². The van der Waals surface area contributed by atoms with E-state index in [0.717, 1.165) is 16.7 Å². The van der Waals surface area contributed by atoms with Crippen LogP contribution in [0.2, 0.25) is 0 Å². The lowest BCUT2D eigenvalue weighted by atomic mass is 10.1. The van der Waals surface area contributed by atoms with Crippen LogP contribution in [0.1, 0.15) is 56.7 Å². The largest absolute Gasteiger partial charge is 0.478 e. The van der Waals surface area contributed by atoms with Gasteiger partial charge in [-0.1, -0.05) is 54.6 Å². The van der Waals surface area contributed by atoms with Crippen molar-refractivity contribution in [3.05, 3.63) is 107 Å². The normalized spacial score (nSPS) is 10.4. The summed E-state index contributed by atoms with van der Waals surface area (Å²) in [6.07, 6.45) is 0.762. The number of nitrogens with zero attached hydrogens (tertiary/aromatic N) is 1. The first-order valence-corrected chi connectivity index (χ1v) is 11.5. The van der Waals surface area contributed by atoms with Crippen LogP contribution in [0.15, 0.2) is 78.9 Å². The monoisotopic (exact) mass is 488 g/mol. The first-order valence-electron chi connectivity index (χ1n) is 11.5. The molecule has 0 bridgehead atoms. The Morgan fingerprint density at radius 3 is 1.61 bits per heavy atom. The molecule has 0 aliphatic carbocycles. The Labute approximate surface area is 209 Å². The van der Waals surface area contributed by atoms with Crippen molar-refractivity contribution in [2.75, 3.05) is 0 Å². The minimum Gasteiger partial charge on any atom is -0.478 e. The van der Waals surface area contributed by atoms with Crippen LogP contribution in [0.5, 0.6) is 0 Å². The Hall–Kier alpha value is -4.46. The second kappa shape index (κ2) is 12.9. The van der Waals surface area contributed by atoms with Gasteiger partial charge in [0.2, 0.25) is 11.8 Å². The maximum atomic E-state index is 13.1. The van der Waals surface area contributed by atoms with E-state index >= 15 is 0 Å². The Bertz CT molecular complexity index is 1130. The number of hydrogen-bond donors (Lipinski definition) is 3. The van der Waals surface area contributed by atoms with Gasteiger partial charge in [0, 0.05) is 32.5 Å². The van der Waals surface area contributed by atoms with E-state index in [2.05, 4.69) is 5.32 Å². The molecule has 186 valence electrons. The topological polar surface area (TPSA) is 124 Å². The van der Waals surface area contributed by atoms with Crippen LogP contribution in [0.4, 0.5) is 0 Å². The van der Waals surface area contributed by atoms with Gasteiger partial charge in [-0.3, -0.25) is 9.59 Å². The molecule has 36 heavy (non-hydrogen) atoms. The lowest BCUT2D eigenvalue weighted by Gasteiger charge is -2.23. The predicted octanol–water partition coefficient (Wildman–Crippen LogP) is 4.10. The summed E-state index contributed by atoms with van der Waals surface area (Å²) in [4.78, 5) is 49.1. The van der Waals surface area contributed by atoms with Gasteiger partial charge in [-0.05, 0) is 47.4 Å². The molecular formula is C28H28N2O6. The molecule has 0 unspecified atom stereocenters. The standard InChI is InChI=1S/C28H28N2O6/c31-25(29-17-20-5-2-1-3-6-20)7-4-8-26(32)30(18-21-9-13-23(14-10-21)27(33)34)19-22-11-15-24(16-12-22)28(35)36/h1-3,5-6,9-16H,4,7-8,17-19H2,(H,29,31)(H,33,34)(H,35,36). The SMILES string of the molecule is O=C(CCCC(=O)N(Cc1ccc(C(=O)O)cc1)Cc1ccc(C(=O)O)cc1)NCc1ccccc1. The number of carbonyl (C=O) groups excluding carboxylic acids is 2. The number of hydrogen-bond acceptors (Lipinski definition) is 4. The number of carboxylic acid groups (broad SMARTS) is 2. The van der Waals surface area contributed by atoms with E-state index in [-0.39, 0.29) is 48.9 Å². The fourth-order valence-corrected chi connectivity index (χ4v) is 3.62. The van der Waals surface area contributed by atoms with Crippen LogP contribution in [-0.4, -0.2) is 38.9 Å². The van der Waals surface area contributed by atoms with Crippen LogP contribution in [0.25, 0.3) is 0 Å². The molecule has 0 heterocycles. The lowest BCUT2D eigenvalue weighted by molar-refractivity contribution is -0.132. The highest BCUT2D eigenvalue weighted by atomic mass is 16.4. The van der Waals surface area contributed by atoms with Crippen molar-refractivity contribution >= 4 is 23.8 Å². The zero-order chi connectivity index (χ0) is 25.9. The highest BCUT2D eigenvalue weighted by molar-refractivity contribution is 5.88. The number of nitrogens with one attached hydrogen (secondary N) is 1. The maximum Gasteiger partial charge on any atom is 0.335 e. The highest BCUT2D eigenvalue weighted by Crippen LogP contribution is 2.15. The van der Waals surface area contributed by atoms with Gasteiger partial charge in [0.1, 0.15) is 0 Å². The third-order valence-electron chi connectivity index (χ3n) is 5.63.